The largest absolute Gasteiger partial charge is 0.439 e. The van der Waals surface area contributed by atoms with E-state index in [2.05, 4.69) is 35.9 Å². The van der Waals surface area contributed by atoms with Gasteiger partial charge in [-0.1, -0.05) is 0 Å². The molecule has 0 radical (unpaired) electrons. The Bertz CT molecular complexity index is 976. The molecule has 0 unspecified atom stereocenters. The number of benzene rings is 1. The van der Waals surface area contributed by atoms with Gasteiger partial charge in [0.05, 0.1) is 12.2 Å². The zero-order chi connectivity index (χ0) is 17.1. The summed E-state index contributed by atoms with van der Waals surface area (Å²) in [7, 11) is 2.02. The van der Waals surface area contributed by atoms with Crippen LogP contribution >= 0.6 is 0 Å². The molecule has 3 aromatic heterocycles. The van der Waals surface area contributed by atoms with E-state index in [0.29, 0.717) is 19.0 Å². The Morgan fingerprint density at radius 2 is 2.08 bits per heavy atom. The summed E-state index contributed by atoms with van der Waals surface area (Å²) in [4.78, 5) is 15.7. The fraction of sp³-hybridized carbons (Fsp3) is 0.167. The van der Waals surface area contributed by atoms with Crippen molar-refractivity contribution in [3.05, 3.63) is 66.8 Å². The van der Waals surface area contributed by atoms with Crippen molar-refractivity contribution in [2.45, 2.75) is 13.1 Å². The maximum atomic E-state index is 5.88. The van der Waals surface area contributed by atoms with Crippen molar-refractivity contribution < 1.29 is 4.74 Å². The number of hydrogen-bond acceptors (Lipinski definition) is 5. The Balaban J connectivity index is 1.43. The van der Waals surface area contributed by atoms with Gasteiger partial charge in [-0.2, -0.15) is 0 Å². The van der Waals surface area contributed by atoms with Crippen LogP contribution in [0, 0.1) is 0 Å². The number of aromatic nitrogens is 5. The molecule has 0 fully saturated rings. The van der Waals surface area contributed by atoms with E-state index in [1.165, 1.54) is 6.33 Å². The molecule has 0 atom stereocenters. The maximum absolute atomic E-state index is 5.88. The monoisotopic (exact) mass is 334 g/mol. The lowest BCUT2D eigenvalue weighted by molar-refractivity contribution is 0.460. The molecule has 0 aliphatic carbocycles. The normalized spacial score (nSPS) is 11.1. The van der Waals surface area contributed by atoms with Crippen LogP contribution in [0.1, 0.15) is 11.5 Å². The van der Waals surface area contributed by atoms with Crippen LogP contribution in [0.4, 0.5) is 0 Å². The predicted molar refractivity (Wildman–Crippen MR) is 94.2 cm³/mol. The van der Waals surface area contributed by atoms with Crippen LogP contribution in [0.2, 0.25) is 0 Å². The molecule has 25 heavy (non-hydrogen) atoms. The highest BCUT2D eigenvalue weighted by molar-refractivity contribution is 5.81. The summed E-state index contributed by atoms with van der Waals surface area (Å²) in [6, 6.07) is 9.89. The van der Waals surface area contributed by atoms with Crippen molar-refractivity contribution in [2.24, 2.45) is 7.05 Å². The van der Waals surface area contributed by atoms with E-state index in [4.69, 9.17) is 4.74 Å². The first-order chi connectivity index (χ1) is 12.3. The maximum Gasteiger partial charge on any atom is 0.222 e. The van der Waals surface area contributed by atoms with Crippen LogP contribution in [0.3, 0.4) is 0 Å². The molecule has 0 bridgehead atoms. The van der Waals surface area contributed by atoms with Crippen molar-refractivity contribution in [3.8, 4) is 11.6 Å². The molecular weight excluding hydrogens is 316 g/mol. The molecule has 0 spiro atoms. The van der Waals surface area contributed by atoms with Gasteiger partial charge in [0.1, 0.15) is 17.9 Å². The molecule has 4 aromatic rings. The standard InChI is InChI=1S/C18H18N6O/c1-24-7-4-13-8-15(2-3-16(13)24)25-18-9-14(22-12-23-18)10-19-11-17-20-5-6-21-17/h2-9,12,19H,10-11H2,1H3,(H,20,21). The number of aromatic amines is 1. The third-order valence-electron chi connectivity index (χ3n) is 3.93. The Morgan fingerprint density at radius 3 is 2.96 bits per heavy atom. The molecule has 0 saturated carbocycles. The Morgan fingerprint density at radius 1 is 1.12 bits per heavy atom. The van der Waals surface area contributed by atoms with Gasteiger partial charge in [0.25, 0.3) is 0 Å². The number of fused-ring (bicyclic) bond motifs is 1. The van der Waals surface area contributed by atoms with E-state index >= 15 is 0 Å². The van der Waals surface area contributed by atoms with Gasteiger partial charge < -0.3 is 19.6 Å². The summed E-state index contributed by atoms with van der Waals surface area (Å²) in [5, 5.41) is 4.41. The number of hydrogen-bond donors (Lipinski definition) is 2. The highest BCUT2D eigenvalue weighted by Gasteiger charge is 2.05. The second-order valence-electron chi connectivity index (χ2n) is 5.74. The molecule has 0 aliphatic rings. The van der Waals surface area contributed by atoms with E-state index in [0.717, 1.165) is 28.2 Å². The minimum atomic E-state index is 0.528. The molecular formula is C18H18N6O. The van der Waals surface area contributed by atoms with Crippen LogP contribution < -0.4 is 10.1 Å². The number of nitrogens with one attached hydrogen (secondary N) is 2. The van der Waals surface area contributed by atoms with Crippen molar-refractivity contribution in [1.82, 2.24) is 29.8 Å². The minimum Gasteiger partial charge on any atom is -0.439 e. The summed E-state index contributed by atoms with van der Waals surface area (Å²) >= 11 is 0. The first-order valence-electron chi connectivity index (χ1n) is 8.01. The fourth-order valence-corrected chi connectivity index (χ4v) is 2.68. The fourth-order valence-electron chi connectivity index (χ4n) is 2.68. The molecule has 7 heteroatoms. The summed E-state index contributed by atoms with van der Waals surface area (Å²) < 4.78 is 7.96. The first kappa shape index (κ1) is 15.3. The van der Waals surface area contributed by atoms with Crippen LogP contribution in [0.25, 0.3) is 10.9 Å². The highest BCUT2D eigenvalue weighted by Crippen LogP contribution is 2.25. The average Bonchev–Trinajstić information content (AvgIpc) is 3.26. The minimum absolute atomic E-state index is 0.528. The number of ether oxygens (including phenoxy) is 1. The summed E-state index contributed by atoms with van der Waals surface area (Å²) in [6.45, 7) is 1.26. The van der Waals surface area contributed by atoms with E-state index in [-0.39, 0.29) is 0 Å². The smallest absolute Gasteiger partial charge is 0.222 e. The second kappa shape index (κ2) is 6.74. The van der Waals surface area contributed by atoms with Gasteiger partial charge in [0.15, 0.2) is 0 Å². The molecule has 0 saturated heterocycles. The Hall–Kier alpha value is -3.19. The van der Waals surface area contributed by atoms with Crippen molar-refractivity contribution in [1.29, 1.82) is 0 Å². The molecule has 1 aromatic carbocycles. The predicted octanol–water partition coefficient (Wildman–Crippen LogP) is 2.77. The highest BCUT2D eigenvalue weighted by atomic mass is 16.5. The Kier molecular flexibility index (Phi) is 4.14. The number of H-pyrrole nitrogens is 1. The quantitative estimate of drug-likeness (QED) is 0.567. The molecule has 0 amide bonds. The zero-order valence-electron chi connectivity index (χ0n) is 13.8. The molecule has 3 heterocycles. The molecule has 126 valence electrons. The van der Waals surface area contributed by atoms with Crippen molar-refractivity contribution in [3.63, 3.8) is 0 Å². The van der Waals surface area contributed by atoms with Crippen molar-refractivity contribution in [2.75, 3.05) is 0 Å². The van der Waals surface area contributed by atoms with E-state index in [1.54, 1.807) is 12.4 Å². The third kappa shape index (κ3) is 3.51. The van der Waals surface area contributed by atoms with Gasteiger partial charge in [0.2, 0.25) is 5.88 Å². The van der Waals surface area contributed by atoms with Crippen molar-refractivity contribution >= 4 is 10.9 Å². The van der Waals surface area contributed by atoms with E-state index in [1.807, 2.05) is 37.5 Å². The molecule has 4 rings (SSSR count). The van der Waals surface area contributed by atoms with Crippen LogP contribution in [-0.4, -0.2) is 24.5 Å². The van der Waals surface area contributed by atoms with Crippen LogP contribution in [0.15, 0.2) is 55.2 Å². The van der Waals surface area contributed by atoms with Gasteiger partial charge in [0, 0.05) is 49.2 Å². The number of aryl methyl sites for hydroxylation is 1. The van der Waals surface area contributed by atoms with Gasteiger partial charge in [-0.15, -0.1) is 0 Å². The number of rotatable bonds is 6. The summed E-state index contributed by atoms with van der Waals surface area (Å²) in [5.74, 6) is 2.17. The zero-order valence-corrected chi connectivity index (χ0v) is 13.8. The summed E-state index contributed by atoms with van der Waals surface area (Å²) in [5.41, 5.74) is 2.02. The first-order valence-corrected chi connectivity index (χ1v) is 8.01. The third-order valence-corrected chi connectivity index (χ3v) is 3.93. The van der Waals surface area contributed by atoms with Crippen LogP contribution in [0.5, 0.6) is 11.6 Å². The Labute approximate surface area is 144 Å². The van der Waals surface area contributed by atoms with Gasteiger partial charge in [-0.05, 0) is 24.3 Å². The topological polar surface area (TPSA) is 80.6 Å². The van der Waals surface area contributed by atoms with Gasteiger partial charge in [-0.3, -0.25) is 0 Å². The lowest BCUT2D eigenvalue weighted by Gasteiger charge is -2.07. The lowest BCUT2D eigenvalue weighted by Crippen LogP contribution is -2.14. The van der Waals surface area contributed by atoms with Crippen LogP contribution in [-0.2, 0) is 20.1 Å². The number of imidazole rings is 1. The second-order valence-corrected chi connectivity index (χ2v) is 5.74. The van der Waals surface area contributed by atoms with E-state index in [9.17, 15) is 0 Å². The van der Waals surface area contributed by atoms with Gasteiger partial charge in [-0.25, -0.2) is 15.0 Å². The molecule has 0 aliphatic heterocycles. The molecule has 2 N–H and O–H groups in total. The SMILES string of the molecule is Cn1ccc2cc(Oc3cc(CNCc4ncc[nH]4)ncn3)ccc21. The summed E-state index contributed by atoms with van der Waals surface area (Å²) in [6.07, 6.45) is 7.08. The van der Waals surface area contributed by atoms with E-state index < -0.39 is 0 Å². The molecule has 7 nitrogen and oxygen atoms in total. The average molecular weight is 334 g/mol. The lowest BCUT2D eigenvalue weighted by atomic mass is 10.2. The number of nitrogens with zero attached hydrogens (tertiary/aromatic N) is 4. The van der Waals surface area contributed by atoms with Gasteiger partial charge >= 0.3 is 0 Å².